The third-order valence-corrected chi connectivity index (χ3v) is 2.47. The lowest BCUT2D eigenvalue weighted by Crippen LogP contribution is -2.32. The van der Waals surface area contributed by atoms with Crippen LogP contribution < -0.4 is 5.73 Å². The molecule has 1 unspecified atom stereocenters. The van der Waals surface area contributed by atoms with Crippen LogP contribution in [0.2, 0.25) is 0 Å². The Balaban J connectivity index is 2.40. The van der Waals surface area contributed by atoms with E-state index in [4.69, 9.17) is 10.8 Å². The van der Waals surface area contributed by atoms with Crippen molar-refractivity contribution in [3.8, 4) is 0 Å². The molecule has 2 aromatic rings. The molecule has 4 N–H and O–H groups in total. The molecule has 1 aromatic heterocycles. The van der Waals surface area contributed by atoms with Gasteiger partial charge in [-0.3, -0.25) is 4.79 Å². The number of hydrogen-bond acceptors (Lipinski definition) is 3. The fraction of sp³-hybridized carbons (Fsp3) is 0.273. The van der Waals surface area contributed by atoms with E-state index >= 15 is 0 Å². The number of carbonyl (C=O) groups is 1. The zero-order valence-corrected chi connectivity index (χ0v) is 8.90. The summed E-state index contributed by atoms with van der Waals surface area (Å²) in [6.07, 6.45) is 0.289. The number of nitrogens with two attached hydrogens (primary N) is 1. The highest BCUT2D eigenvalue weighted by atomic mass is 16.4. The minimum atomic E-state index is -0.996. The molecule has 1 atom stereocenters. The summed E-state index contributed by atoms with van der Waals surface area (Å²) >= 11 is 0. The second-order valence-corrected chi connectivity index (χ2v) is 3.78. The summed E-state index contributed by atoms with van der Waals surface area (Å²) in [7, 11) is 0. The number of carboxylic acid groups (broad SMARTS) is 1. The van der Waals surface area contributed by atoms with Crippen LogP contribution in [-0.2, 0) is 11.2 Å². The van der Waals surface area contributed by atoms with Gasteiger partial charge in [0.15, 0.2) is 0 Å². The molecule has 0 radical (unpaired) electrons. The number of aromatic amines is 1. The molecule has 0 amide bonds. The molecule has 1 heterocycles. The van der Waals surface area contributed by atoms with Crippen molar-refractivity contribution in [3.63, 3.8) is 0 Å². The number of H-pyrrole nitrogens is 1. The first-order chi connectivity index (χ1) is 7.58. The predicted octanol–water partition coefficient (Wildman–Crippen LogP) is 0.826. The van der Waals surface area contributed by atoms with Crippen molar-refractivity contribution in [2.24, 2.45) is 5.73 Å². The number of nitrogens with zero attached hydrogens (tertiary/aromatic N) is 1. The first-order valence-electron chi connectivity index (χ1n) is 5.00. The highest BCUT2D eigenvalue weighted by Crippen LogP contribution is 2.17. The zero-order chi connectivity index (χ0) is 11.7. The van der Waals surface area contributed by atoms with Gasteiger partial charge in [-0.2, -0.15) is 0 Å². The Hall–Kier alpha value is -1.88. The minimum Gasteiger partial charge on any atom is -0.480 e. The van der Waals surface area contributed by atoms with Gasteiger partial charge in [-0.1, -0.05) is 12.1 Å². The van der Waals surface area contributed by atoms with Crippen LogP contribution in [0.5, 0.6) is 0 Å². The number of fused-ring (bicyclic) bond motifs is 1. The highest BCUT2D eigenvalue weighted by molar-refractivity contribution is 5.80. The maximum atomic E-state index is 10.7. The Bertz CT molecular complexity index is 533. The monoisotopic (exact) mass is 219 g/mol. The van der Waals surface area contributed by atoms with Gasteiger partial charge in [0.25, 0.3) is 0 Å². The van der Waals surface area contributed by atoms with Crippen molar-refractivity contribution in [3.05, 3.63) is 29.6 Å². The van der Waals surface area contributed by atoms with Crippen LogP contribution in [0.25, 0.3) is 11.0 Å². The summed E-state index contributed by atoms with van der Waals surface area (Å²) in [6, 6.07) is 4.74. The third-order valence-electron chi connectivity index (χ3n) is 2.47. The van der Waals surface area contributed by atoms with Crippen LogP contribution in [-0.4, -0.2) is 27.1 Å². The van der Waals surface area contributed by atoms with Crippen LogP contribution in [0, 0.1) is 6.92 Å². The van der Waals surface area contributed by atoms with Crippen molar-refractivity contribution in [2.45, 2.75) is 19.4 Å². The van der Waals surface area contributed by atoms with Gasteiger partial charge < -0.3 is 15.8 Å². The van der Waals surface area contributed by atoms with Gasteiger partial charge in [-0.05, 0) is 18.6 Å². The van der Waals surface area contributed by atoms with Gasteiger partial charge in [-0.25, -0.2) is 4.98 Å². The number of aryl methyl sites for hydroxylation is 1. The van der Waals surface area contributed by atoms with Gasteiger partial charge in [0.1, 0.15) is 11.9 Å². The molecular formula is C11H13N3O2. The molecule has 0 saturated heterocycles. The lowest BCUT2D eigenvalue weighted by atomic mass is 10.1. The maximum Gasteiger partial charge on any atom is 0.320 e. The van der Waals surface area contributed by atoms with E-state index in [0.29, 0.717) is 0 Å². The lowest BCUT2D eigenvalue weighted by molar-refractivity contribution is -0.138. The fourth-order valence-corrected chi connectivity index (χ4v) is 1.70. The van der Waals surface area contributed by atoms with E-state index in [0.717, 1.165) is 22.4 Å². The molecule has 0 fully saturated rings. The van der Waals surface area contributed by atoms with Crippen LogP contribution in [0.1, 0.15) is 11.4 Å². The average molecular weight is 219 g/mol. The van der Waals surface area contributed by atoms with Crippen molar-refractivity contribution >= 4 is 17.0 Å². The second kappa shape index (κ2) is 3.94. The van der Waals surface area contributed by atoms with Gasteiger partial charge in [0.05, 0.1) is 11.0 Å². The summed E-state index contributed by atoms with van der Waals surface area (Å²) in [5.41, 5.74) is 8.08. The second-order valence-electron chi connectivity index (χ2n) is 3.78. The largest absolute Gasteiger partial charge is 0.480 e. The summed E-state index contributed by atoms with van der Waals surface area (Å²) in [5.74, 6) is -0.185. The number of carboxylic acids is 1. The van der Waals surface area contributed by atoms with E-state index in [1.54, 1.807) is 0 Å². The Morgan fingerprint density at radius 1 is 1.62 bits per heavy atom. The summed E-state index contributed by atoms with van der Waals surface area (Å²) in [4.78, 5) is 18.1. The number of nitrogens with one attached hydrogen (secondary N) is 1. The minimum absolute atomic E-state index is 0.289. The van der Waals surface area contributed by atoms with E-state index in [1.807, 2.05) is 25.1 Å². The van der Waals surface area contributed by atoms with E-state index < -0.39 is 12.0 Å². The number of aliphatic carboxylic acids is 1. The number of hydrogen-bond donors (Lipinski definition) is 3. The molecule has 0 saturated carbocycles. The van der Waals surface area contributed by atoms with Crippen LogP contribution in [0.3, 0.4) is 0 Å². The van der Waals surface area contributed by atoms with Gasteiger partial charge in [-0.15, -0.1) is 0 Å². The Labute approximate surface area is 92.3 Å². The molecule has 1 aromatic carbocycles. The Morgan fingerprint density at radius 2 is 2.38 bits per heavy atom. The molecule has 84 valence electrons. The van der Waals surface area contributed by atoms with E-state index in [9.17, 15) is 4.79 Å². The standard InChI is InChI=1S/C11H13N3O2/c1-6-13-9-4-2-3-7(10(9)14-6)5-8(12)11(15)16/h2-4,8H,5,12H2,1H3,(H,13,14)(H,15,16). The lowest BCUT2D eigenvalue weighted by Gasteiger charge is -2.06. The number of benzene rings is 1. The molecule has 5 heteroatoms. The molecule has 0 aliphatic heterocycles. The quantitative estimate of drug-likeness (QED) is 0.712. The molecule has 0 bridgehead atoms. The SMILES string of the molecule is Cc1nc2c(CC(N)C(=O)O)cccc2[nH]1. The third kappa shape index (κ3) is 1.90. The fourth-order valence-electron chi connectivity index (χ4n) is 1.70. The number of aromatic nitrogens is 2. The molecule has 0 aliphatic carbocycles. The van der Waals surface area contributed by atoms with Crippen LogP contribution in [0.15, 0.2) is 18.2 Å². The normalized spacial score (nSPS) is 12.9. The van der Waals surface area contributed by atoms with Crippen molar-refractivity contribution < 1.29 is 9.90 Å². The molecule has 16 heavy (non-hydrogen) atoms. The average Bonchev–Trinajstić information content (AvgIpc) is 2.59. The first-order valence-corrected chi connectivity index (χ1v) is 5.00. The van der Waals surface area contributed by atoms with Gasteiger partial charge in [0, 0.05) is 6.42 Å². The topological polar surface area (TPSA) is 92.0 Å². The summed E-state index contributed by atoms with van der Waals surface area (Å²) in [5, 5.41) is 8.77. The van der Waals surface area contributed by atoms with Gasteiger partial charge in [0.2, 0.25) is 0 Å². The summed E-state index contributed by atoms with van der Waals surface area (Å²) in [6.45, 7) is 1.86. The number of imidazole rings is 1. The zero-order valence-electron chi connectivity index (χ0n) is 8.90. The Kier molecular flexibility index (Phi) is 2.62. The molecule has 0 spiro atoms. The van der Waals surface area contributed by atoms with E-state index in [-0.39, 0.29) is 6.42 Å². The van der Waals surface area contributed by atoms with E-state index in [1.165, 1.54) is 0 Å². The number of para-hydroxylation sites is 1. The van der Waals surface area contributed by atoms with Gasteiger partial charge >= 0.3 is 5.97 Å². The van der Waals surface area contributed by atoms with Crippen molar-refractivity contribution in [1.82, 2.24) is 9.97 Å². The molecule has 5 nitrogen and oxygen atoms in total. The smallest absolute Gasteiger partial charge is 0.320 e. The van der Waals surface area contributed by atoms with Crippen LogP contribution >= 0.6 is 0 Å². The van der Waals surface area contributed by atoms with Crippen molar-refractivity contribution in [1.29, 1.82) is 0 Å². The Morgan fingerprint density at radius 3 is 3.06 bits per heavy atom. The number of rotatable bonds is 3. The maximum absolute atomic E-state index is 10.7. The summed E-state index contributed by atoms with van der Waals surface area (Å²) < 4.78 is 0. The van der Waals surface area contributed by atoms with Crippen LogP contribution in [0.4, 0.5) is 0 Å². The predicted molar refractivity (Wildman–Crippen MR) is 60.1 cm³/mol. The molecular weight excluding hydrogens is 206 g/mol. The first kappa shape index (κ1) is 10.6. The molecule has 0 aliphatic rings. The highest BCUT2D eigenvalue weighted by Gasteiger charge is 2.14. The molecule has 2 rings (SSSR count). The van der Waals surface area contributed by atoms with E-state index in [2.05, 4.69) is 9.97 Å². The van der Waals surface area contributed by atoms with Crippen molar-refractivity contribution in [2.75, 3.05) is 0 Å².